The van der Waals surface area contributed by atoms with E-state index in [2.05, 4.69) is 43.5 Å². The van der Waals surface area contributed by atoms with Gasteiger partial charge < -0.3 is 20.3 Å². The lowest BCUT2D eigenvalue weighted by molar-refractivity contribution is -0.143. The highest BCUT2D eigenvalue weighted by Crippen LogP contribution is 2.16. The number of allylic oxidation sites excluding steroid dienone is 4. The van der Waals surface area contributed by atoms with Crippen LogP contribution in [0.1, 0.15) is 264 Å². The Kier molecular flexibility index (Phi) is 45.7. The number of aliphatic hydroxyl groups excluding tert-OH is 2. The van der Waals surface area contributed by atoms with E-state index in [9.17, 15) is 19.8 Å². The topological polar surface area (TPSA) is 95.9 Å². The molecule has 0 aliphatic carbocycles. The number of rotatable bonds is 46. The second-order valence-corrected chi connectivity index (χ2v) is 17.1. The molecule has 0 aromatic carbocycles. The van der Waals surface area contributed by atoms with Gasteiger partial charge in [-0.2, -0.15) is 0 Å². The molecule has 0 aliphatic heterocycles. The average molecular weight is 804 g/mol. The van der Waals surface area contributed by atoms with Gasteiger partial charge >= 0.3 is 5.97 Å². The van der Waals surface area contributed by atoms with Crippen LogP contribution in [0, 0.1) is 0 Å². The number of nitrogens with one attached hydrogen (secondary N) is 1. The minimum absolute atomic E-state index is 0.0289. The molecular formula is C51H97NO5. The van der Waals surface area contributed by atoms with Crippen molar-refractivity contribution in [1.29, 1.82) is 0 Å². The zero-order valence-corrected chi connectivity index (χ0v) is 38.1. The third-order valence-electron chi connectivity index (χ3n) is 11.5. The van der Waals surface area contributed by atoms with Gasteiger partial charge in [-0.05, 0) is 51.4 Å². The lowest BCUT2D eigenvalue weighted by Crippen LogP contribution is -2.45. The third kappa shape index (κ3) is 43.7. The lowest BCUT2D eigenvalue weighted by atomic mass is 10.0. The van der Waals surface area contributed by atoms with Crippen LogP contribution >= 0.6 is 0 Å². The van der Waals surface area contributed by atoms with Gasteiger partial charge in [0.05, 0.1) is 25.4 Å². The number of esters is 1. The van der Waals surface area contributed by atoms with Gasteiger partial charge in [0.15, 0.2) is 0 Å². The minimum atomic E-state index is -0.677. The maximum absolute atomic E-state index is 12.4. The van der Waals surface area contributed by atoms with Crippen LogP contribution in [0.5, 0.6) is 0 Å². The first-order valence-electron chi connectivity index (χ1n) is 25.1. The van der Waals surface area contributed by atoms with Crippen LogP contribution in [0.4, 0.5) is 0 Å². The summed E-state index contributed by atoms with van der Waals surface area (Å²) in [6.45, 7) is 4.84. The van der Waals surface area contributed by atoms with Gasteiger partial charge in [0.1, 0.15) is 0 Å². The van der Waals surface area contributed by atoms with Crippen molar-refractivity contribution in [3.8, 4) is 0 Å². The summed E-state index contributed by atoms with van der Waals surface area (Å²) in [7, 11) is 0. The Hall–Kier alpha value is -1.66. The number of aliphatic hydroxyl groups is 2. The summed E-state index contributed by atoms with van der Waals surface area (Å²) in [6.07, 6.45) is 54.2. The number of unbranched alkanes of at least 4 members (excludes halogenated alkanes) is 31. The zero-order valence-electron chi connectivity index (χ0n) is 38.1. The fraction of sp³-hybridized carbons (Fsp3) is 0.882. The van der Waals surface area contributed by atoms with Gasteiger partial charge in [0.2, 0.25) is 5.91 Å². The van der Waals surface area contributed by atoms with Crippen LogP contribution in [0.25, 0.3) is 0 Å². The highest BCUT2D eigenvalue weighted by Gasteiger charge is 2.20. The monoisotopic (exact) mass is 804 g/mol. The van der Waals surface area contributed by atoms with Crippen molar-refractivity contribution in [3.63, 3.8) is 0 Å². The van der Waals surface area contributed by atoms with E-state index in [1.54, 1.807) is 0 Å². The first-order valence-corrected chi connectivity index (χ1v) is 25.1. The summed E-state index contributed by atoms with van der Waals surface area (Å²) in [6, 6.07) is -0.556. The molecule has 0 aromatic rings. The maximum Gasteiger partial charge on any atom is 0.305 e. The van der Waals surface area contributed by atoms with Crippen LogP contribution in [0.15, 0.2) is 24.3 Å². The summed E-state index contributed by atoms with van der Waals surface area (Å²) < 4.78 is 5.44. The van der Waals surface area contributed by atoms with E-state index in [0.717, 1.165) is 70.6 Å². The van der Waals surface area contributed by atoms with Crippen molar-refractivity contribution in [3.05, 3.63) is 24.3 Å². The first-order chi connectivity index (χ1) is 28.0. The zero-order chi connectivity index (χ0) is 41.5. The average Bonchev–Trinajstić information content (AvgIpc) is 3.21. The summed E-state index contributed by atoms with van der Waals surface area (Å²) in [5.41, 5.74) is 0. The Bertz CT molecular complexity index is 889. The molecule has 0 rings (SSSR count). The quantitative estimate of drug-likeness (QED) is 0.0324. The second kappa shape index (κ2) is 47.0. The number of hydrogen-bond donors (Lipinski definition) is 3. The molecular weight excluding hydrogens is 707 g/mol. The molecule has 0 spiro atoms. The molecule has 0 heterocycles. The molecule has 0 aromatic heterocycles. The number of carbonyl (C=O) groups excluding carboxylic acids is 2. The molecule has 2 unspecified atom stereocenters. The largest absolute Gasteiger partial charge is 0.466 e. The van der Waals surface area contributed by atoms with Crippen molar-refractivity contribution in [1.82, 2.24) is 5.32 Å². The van der Waals surface area contributed by atoms with Crippen molar-refractivity contribution in [2.45, 2.75) is 276 Å². The molecule has 1 amide bonds. The Balaban J connectivity index is 3.49. The Morgan fingerprint density at radius 2 is 0.912 bits per heavy atom. The number of hydrogen-bond acceptors (Lipinski definition) is 5. The second-order valence-electron chi connectivity index (χ2n) is 17.1. The first kappa shape index (κ1) is 55.3. The molecule has 6 heteroatoms. The molecule has 6 nitrogen and oxygen atoms in total. The number of carbonyl (C=O) groups is 2. The van der Waals surface area contributed by atoms with E-state index in [1.807, 2.05) is 0 Å². The van der Waals surface area contributed by atoms with Gasteiger partial charge in [0, 0.05) is 12.8 Å². The molecule has 0 saturated heterocycles. The van der Waals surface area contributed by atoms with E-state index in [4.69, 9.17) is 4.74 Å². The van der Waals surface area contributed by atoms with Gasteiger partial charge in [0.25, 0.3) is 0 Å². The molecule has 2 atom stereocenters. The van der Waals surface area contributed by atoms with E-state index >= 15 is 0 Å². The summed E-state index contributed by atoms with van der Waals surface area (Å²) >= 11 is 0. The van der Waals surface area contributed by atoms with Gasteiger partial charge in [-0.3, -0.25) is 9.59 Å². The maximum atomic E-state index is 12.4. The van der Waals surface area contributed by atoms with Crippen molar-refractivity contribution in [2.24, 2.45) is 0 Å². The third-order valence-corrected chi connectivity index (χ3v) is 11.5. The Labute approximate surface area is 354 Å². The van der Waals surface area contributed by atoms with Crippen LogP contribution < -0.4 is 5.32 Å². The highest BCUT2D eigenvalue weighted by atomic mass is 16.5. The smallest absolute Gasteiger partial charge is 0.305 e. The van der Waals surface area contributed by atoms with Crippen molar-refractivity contribution in [2.75, 3.05) is 13.2 Å². The van der Waals surface area contributed by atoms with Crippen molar-refractivity contribution >= 4 is 11.9 Å². The normalized spacial score (nSPS) is 12.8. The van der Waals surface area contributed by atoms with Crippen molar-refractivity contribution < 1.29 is 24.5 Å². The van der Waals surface area contributed by atoms with Gasteiger partial charge in [-0.15, -0.1) is 0 Å². The van der Waals surface area contributed by atoms with Crippen LogP contribution in [0.2, 0.25) is 0 Å². The molecule has 0 aliphatic rings. The molecule has 0 fully saturated rings. The minimum Gasteiger partial charge on any atom is -0.466 e. The number of ether oxygens (including phenoxy) is 1. The lowest BCUT2D eigenvalue weighted by Gasteiger charge is -2.22. The highest BCUT2D eigenvalue weighted by molar-refractivity contribution is 5.76. The van der Waals surface area contributed by atoms with E-state index in [1.165, 1.54) is 161 Å². The Morgan fingerprint density at radius 1 is 0.491 bits per heavy atom. The molecule has 3 N–H and O–H groups in total. The molecule has 0 saturated carbocycles. The van der Waals surface area contributed by atoms with Gasteiger partial charge in [-0.25, -0.2) is 0 Å². The summed E-state index contributed by atoms with van der Waals surface area (Å²) in [5, 5.41) is 23.2. The number of amides is 1. The standard InChI is InChI=1S/C51H97NO5/c1-3-5-7-9-11-13-15-17-18-19-21-23-27-31-35-39-43-49(54)48(47-53)52-50(55)44-40-36-32-28-24-22-26-30-34-38-42-46-57-51(56)45-41-37-33-29-25-20-16-14-12-10-8-6-4-2/h8,10,14,16,48-49,53-54H,3-7,9,11-13,15,17-47H2,1-2H3,(H,52,55)/b10-8-,16-14-. The fourth-order valence-corrected chi connectivity index (χ4v) is 7.62. The molecule has 0 bridgehead atoms. The van der Waals surface area contributed by atoms with Crippen LogP contribution in [0.3, 0.4) is 0 Å². The van der Waals surface area contributed by atoms with E-state index in [-0.39, 0.29) is 18.5 Å². The molecule has 57 heavy (non-hydrogen) atoms. The summed E-state index contributed by atoms with van der Waals surface area (Å²) in [5.74, 6) is -0.0832. The summed E-state index contributed by atoms with van der Waals surface area (Å²) in [4.78, 5) is 24.4. The fourth-order valence-electron chi connectivity index (χ4n) is 7.62. The van der Waals surface area contributed by atoms with Crippen LogP contribution in [-0.2, 0) is 14.3 Å². The van der Waals surface area contributed by atoms with Crippen LogP contribution in [-0.4, -0.2) is 47.4 Å². The Morgan fingerprint density at radius 3 is 1.40 bits per heavy atom. The molecule has 0 radical (unpaired) electrons. The van der Waals surface area contributed by atoms with E-state index < -0.39 is 12.1 Å². The SMILES string of the molecule is CCC/C=C\C/C=C\CCCCCCCC(=O)OCCCCCCCCCCCCCC(=O)NC(CO)C(O)CCCCCCCCCCCCCCCCCC. The van der Waals surface area contributed by atoms with Gasteiger partial charge in [-0.1, -0.05) is 224 Å². The van der Waals surface area contributed by atoms with E-state index in [0.29, 0.717) is 25.9 Å². The predicted molar refractivity (Wildman–Crippen MR) is 246 cm³/mol. The molecule has 336 valence electrons. The predicted octanol–water partition coefficient (Wildman–Crippen LogP) is 14.7.